The largest absolute Gasteiger partial charge is 0.412 e. The number of carbonyl (C=O) groups excluding carboxylic acids is 1. The molecule has 2 aromatic heterocycles. The van der Waals surface area contributed by atoms with E-state index in [0.29, 0.717) is 17.6 Å². The number of benzene rings is 3. The van der Waals surface area contributed by atoms with E-state index in [-0.39, 0.29) is 0 Å². The Labute approximate surface area is 228 Å². The third-order valence-electron chi connectivity index (χ3n) is 6.79. The minimum Gasteiger partial charge on any atom is -0.410 e. The molecule has 0 bridgehead atoms. The van der Waals surface area contributed by atoms with Crippen LogP contribution in [0.15, 0.2) is 60.7 Å². The summed E-state index contributed by atoms with van der Waals surface area (Å²) in [6.45, 7) is 4.72. The number of piperazine rings is 1. The van der Waals surface area contributed by atoms with Crippen LogP contribution in [0.2, 0.25) is 0 Å². The zero-order valence-electron chi connectivity index (χ0n) is 21.0. The molecule has 3 aromatic carbocycles. The van der Waals surface area contributed by atoms with Gasteiger partial charge in [-0.1, -0.05) is 15.9 Å². The SMILES string of the molecule is CN1CCN(c2ccc3nc(-c4ccc5nc(-c6ccc(OC(=O)NCCBr)cc6)[nH]c5c4)[nH]c3c2)CC1. The van der Waals surface area contributed by atoms with E-state index < -0.39 is 6.09 Å². The number of aromatic amines is 2. The number of aromatic nitrogens is 4. The Morgan fingerprint density at radius 1 is 0.895 bits per heavy atom. The Bertz CT molecular complexity index is 1590. The van der Waals surface area contributed by atoms with Gasteiger partial charge >= 0.3 is 6.09 Å². The molecule has 1 saturated heterocycles. The number of likely N-dealkylation sites (N-methyl/N-ethyl adjacent to an activating group) is 1. The highest BCUT2D eigenvalue weighted by atomic mass is 79.9. The van der Waals surface area contributed by atoms with Crippen LogP contribution in [0.25, 0.3) is 44.8 Å². The first kappa shape index (κ1) is 24.4. The highest BCUT2D eigenvalue weighted by molar-refractivity contribution is 9.09. The van der Waals surface area contributed by atoms with Crippen LogP contribution in [0.1, 0.15) is 0 Å². The zero-order chi connectivity index (χ0) is 26.1. The van der Waals surface area contributed by atoms with Crippen molar-refractivity contribution in [3.8, 4) is 28.5 Å². The Balaban J connectivity index is 1.21. The molecule has 0 unspecified atom stereocenters. The molecule has 9 nitrogen and oxygen atoms in total. The Hall–Kier alpha value is -3.89. The van der Waals surface area contributed by atoms with Gasteiger partial charge in [0.2, 0.25) is 0 Å². The van der Waals surface area contributed by atoms with Gasteiger partial charge in [-0.2, -0.15) is 0 Å². The van der Waals surface area contributed by atoms with Crippen LogP contribution in [-0.2, 0) is 0 Å². The van der Waals surface area contributed by atoms with Crippen LogP contribution >= 0.6 is 15.9 Å². The summed E-state index contributed by atoms with van der Waals surface area (Å²) in [7, 11) is 2.17. The molecule has 0 radical (unpaired) electrons. The lowest BCUT2D eigenvalue weighted by Crippen LogP contribution is -2.44. The first-order valence-electron chi connectivity index (χ1n) is 12.6. The van der Waals surface area contributed by atoms with Crippen LogP contribution in [-0.4, -0.2) is 76.0 Å². The number of rotatable bonds is 6. The molecular formula is C28H28BrN7O2. The number of H-pyrrole nitrogens is 2. The molecule has 1 aliphatic rings. The minimum absolute atomic E-state index is 0.472. The number of hydrogen-bond donors (Lipinski definition) is 3. The lowest BCUT2D eigenvalue weighted by Gasteiger charge is -2.34. The molecule has 3 heterocycles. The summed E-state index contributed by atoms with van der Waals surface area (Å²) in [5, 5.41) is 3.32. The van der Waals surface area contributed by atoms with Gasteiger partial charge < -0.3 is 29.8 Å². The maximum Gasteiger partial charge on any atom is 0.412 e. The average Bonchev–Trinajstić information content (AvgIpc) is 3.56. The van der Waals surface area contributed by atoms with Crippen molar-refractivity contribution in [1.82, 2.24) is 30.2 Å². The van der Waals surface area contributed by atoms with Gasteiger partial charge in [-0.3, -0.25) is 0 Å². The topological polar surface area (TPSA) is 102 Å². The molecule has 0 atom stereocenters. The summed E-state index contributed by atoms with van der Waals surface area (Å²) in [5.41, 5.74) is 6.89. The predicted octanol–water partition coefficient (Wildman–Crippen LogP) is 5.01. The van der Waals surface area contributed by atoms with Gasteiger partial charge in [-0.25, -0.2) is 14.8 Å². The smallest absolute Gasteiger partial charge is 0.410 e. The second-order valence-electron chi connectivity index (χ2n) is 9.42. The highest BCUT2D eigenvalue weighted by Crippen LogP contribution is 2.28. The van der Waals surface area contributed by atoms with Gasteiger partial charge in [-0.15, -0.1) is 0 Å². The van der Waals surface area contributed by atoms with E-state index in [1.165, 1.54) is 5.69 Å². The summed E-state index contributed by atoms with van der Waals surface area (Å²) >= 11 is 3.27. The number of hydrogen-bond acceptors (Lipinski definition) is 6. The standard InChI is InChI=1S/C28H28BrN7O2/c1-35-12-14-36(15-13-35)20-5-9-23-25(17-20)34-27(32-23)19-4-8-22-24(16-19)33-26(31-22)18-2-6-21(7-3-18)38-28(37)30-11-10-29/h2-9,16-17H,10-15H2,1H3,(H,30,37)(H,31,33)(H,32,34). The van der Waals surface area contributed by atoms with E-state index in [1.54, 1.807) is 12.1 Å². The van der Waals surface area contributed by atoms with Gasteiger partial charge in [-0.05, 0) is 67.7 Å². The van der Waals surface area contributed by atoms with Crippen LogP contribution in [0, 0.1) is 0 Å². The van der Waals surface area contributed by atoms with Gasteiger partial charge in [0, 0.05) is 54.9 Å². The number of carbonyl (C=O) groups is 1. The number of ether oxygens (including phenoxy) is 1. The fraction of sp³-hybridized carbons (Fsp3) is 0.250. The van der Waals surface area contributed by atoms with Crippen molar-refractivity contribution >= 4 is 49.8 Å². The molecule has 1 aliphatic heterocycles. The molecule has 1 amide bonds. The van der Waals surface area contributed by atoms with Crippen molar-refractivity contribution < 1.29 is 9.53 Å². The van der Waals surface area contributed by atoms with E-state index in [2.05, 4.69) is 72.3 Å². The highest BCUT2D eigenvalue weighted by Gasteiger charge is 2.16. The van der Waals surface area contributed by atoms with Crippen molar-refractivity contribution in [3.05, 3.63) is 60.7 Å². The average molecular weight is 574 g/mol. The zero-order valence-corrected chi connectivity index (χ0v) is 22.6. The van der Waals surface area contributed by atoms with Crippen molar-refractivity contribution in [2.45, 2.75) is 0 Å². The van der Waals surface area contributed by atoms with Crippen molar-refractivity contribution in [1.29, 1.82) is 0 Å². The molecule has 3 N–H and O–H groups in total. The third kappa shape index (κ3) is 5.09. The van der Waals surface area contributed by atoms with E-state index in [0.717, 1.165) is 71.0 Å². The summed E-state index contributed by atoms with van der Waals surface area (Å²) < 4.78 is 5.29. The van der Waals surface area contributed by atoms with Crippen LogP contribution in [0.4, 0.5) is 10.5 Å². The second kappa shape index (κ2) is 10.5. The van der Waals surface area contributed by atoms with Gasteiger partial charge in [0.1, 0.15) is 17.4 Å². The Kier molecular flexibility index (Phi) is 6.73. The summed E-state index contributed by atoms with van der Waals surface area (Å²) in [4.78, 5) is 33.0. The molecule has 10 heteroatoms. The monoisotopic (exact) mass is 573 g/mol. The van der Waals surface area contributed by atoms with Gasteiger partial charge in [0.05, 0.1) is 22.1 Å². The van der Waals surface area contributed by atoms with Crippen LogP contribution in [0.3, 0.4) is 0 Å². The van der Waals surface area contributed by atoms with Gasteiger partial charge in [0.25, 0.3) is 0 Å². The first-order chi connectivity index (χ1) is 18.6. The quantitative estimate of drug-likeness (QED) is 0.247. The molecule has 5 aromatic rings. The Morgan fingerprint density at radius 2 is 1.53 bits per heavy atom. The fourth-order valence-corrected chi connectivity index (χ4v) is 4.86. The van der Waals surface area contributed by atoms with Crippen molar-refractivity contribution in [3.63, 3.8) is 0 Å². The van der Waals surface area contributed by atoms with E-state index in [4.69, 9.17) is 14.7 Å². The Morgan fingerprint density at radius 3 is 2.24 bits per heavy atom. The van der Waals surface area contributed by atoms with Gasteiger partial charge in [0.15, 0.2) is 0 Å². The number of nitrogens with one attached hydrogen (secondary N) is 3. The number of anilines is 1. The van der Waals surface area contributed by atoms with Crippen molar-refractivity contribution in [2.24, 2.45) is 0 Å². The number of fused-ring (bicyclic) bond motifs is 2. The number of alkyl halides is 1. The number of imidazole rings is 2. The predicted molar refractivity (Wildman–Crippen MR) is 154 cm³/mol. The molecule has 194 valence electrons. The lowest BCUT2D eigenvalue weighted by molar-refractivity contribution is 0.201. The van der Waals surface area contributed by atoms with Crippen molar-refractivity contribution in [2.75, 3.05) is 50.0 Å². The summed E-state index contributed by atoms with van der Waals surface area (Å²) in [5.74, 6) is 2.04. The maximum atomic E-state index is 11.8. The molecular weight excluding hydrogens is 546 g/mol. The van der Waals surface area contributed by atoms with Crippen LogP contribution < -0.4 is 15.0 Å². The molecule has 0 saturated carbocycles. The lowest BCUT2D eigenvalue weighted by atomic mass is 10.2. The third-order valence-corrected chi connectivity index (χ3v) is 7.19. The molecule has 0 spiro atoms. The van der Waals surface area contributed by atoms with Crippen LogP contribution in [0.5, 0.6) is 5.75 Å². The minimum atomic E-state index is -0.477. The second-order valence-corrected chi connectivity index (χ2v) is 10.2. The molecule has 6 rings (SSSR count). The number of amides is 1. The summed E-state index contributed by atoms with van der Waals surface area (Å²) in [6.07, 6.45) is -0.477. The normalized spacial score (nSPS) is 14.3. The molecule has 38 heavy (non-hydrogen) atoms. The van der Waals surface area contributed by atoms with E-state index in [1.807, 2.05) is 24.3 Å². The van der Waals surface area contributed by atoms with E-state index >= 15 is 0 Å². The number of nitrogens with zero attached hydrogens (tertiary/aromatic N) is 4. The maximum absolute atomic E-state index is 11.8. The molecule has 0 aliphatic carbocycles. The fourth-order valence-electron chi connectivity index (χ4n) is 4.66. The number of halogens is 1. The van der Waals surface area contributed by atoms with E-state index in [9.17, 15) is 4.79 Å². The first-order valence-corrected chi connectivity index (χ1v) is 13.7. The molecule has 1 fully saturated rings. The summed E-state index contributed by atoms with van der Waals surface area (Å²) in [6, 6.07) is 19.8.